The highest BCUT2D eigenvalue weighted by molar-refractivity contribution is 6.10. The number of tetrazole rings is 1. The van der Waals surface area contributed by atoms with Gasteiger partial charge in [-0.3, -0.25) is 4.79 Å². The summed E-state index contributed by atoms with van der Waals surface area (Å²) in [6.07, 6.45) is 2.29. The Balaban J connectivity index is 1.74. The molecule has 0 saturated carbocycles. The number of nitrogens with zero attached hydrogens (tertiary/aromatic N) is 3. The molecule has 28 heavy (non-hydrogen) atoms. The van der Waals surface area contributed by atoms with Gasteiger partial charge < -0.3 is 0 Å². The zero-order valence-electron chi connectivity index (χ0n) is 17.1. The number of hydrogen-bond acceptors (Lipinski definition) is 4. The van der Waals surface area contributed by atoms with Gasteiger partial charge >= 0.3 is 0 Å². The highest BCUT2D eigenvalue weighted by Gasteiger charge is 2.37. The van der Waals surface area contributed by atoms with Gasteiger partial charge in [-0.1, -0.05) is 58.0 Å². The second-order valence-corrected chi connectivity index (χ2v) is 9.12. The van der Waals surface area contributed by atoms with Crippen molar-refractivity contribution in [2.24, 2.45) is 0 Å². The minimum Gasteiger partial charge on any atom is -0.289 e. The Morgan fingerprint density at radius 3 is 2.14 bits per heavy atom. The van der Waals surface area contributed by atoms with E-state index in [1.807, 2.05) is 31.2 Å². The second kappa shape index (κ2) is 6.36. The number of nitrogens with one attached hydrogen (secondary N) is 1. The van der Waals surface area contributed by atoms with Gasteiger partial charge in [-0.15, -0.1) is 10.2 Å². The summed E-state index contributed by atoms with van der Waals surface area (Å²) in [7, 11) is 0. The largest absolute Gasteiger partial charge is 0.289 e. The van der Waals surface area contributed by atoms with Crippen molar-refractivity contribution in [3.8, 4) is 11.4 Å². The van der Waals surface area contributed by atoms with E-state index in [1.54, 1.807) is 0 Å². The van der Waals surface area contributed by atoms with E-state index in [0.717, 1.165) is 29.5 Å². The van der Waals surface area contributed by atoms with Crippen molar-refractivity contribution in [2.45, 2.75) is 58.3 Å². The number of ketones is 1. The van der Waals surface area contributed by atoms with Crippen molar-refractivity contribution < 1.29 is 4.79 Å². The van der Waals surface area contributed by atoms with Crippen LogP contribution in [0.25, 0.3) is 11.4 Å². The molecule has 0 unspecified atom stereocenters. The van der Waals surface area contributed by atoms with E-state index in [4.69, 9.17) is 0 Å². The molecule has 1 heterocycles. The summed E-state index contributed by atoms with van der Waals surface area (Å²) in [4.78, 5) is 13.3. The Morgan fingerprint density at radius 2 is 1.57 bits per heavy atom. The minimum atomic E-state index is 0.0548. The molecule has 0 radical (unpaired) electrons. The van der Waals surface area contributed by atoms with Crippen LogP contribution in [0.15, 0.2) is 36.4 Å². The maximum Gasteiger partial charge on any atom is 0.204 e. The molecule has 4 rings (SSSR count). The monoisotopic (exact) mass is 374 g/mol. The van der Waals surface area contributed by atoms with Gasteiger partial charge in [0, 0.05) is 16.7 Å². The van der Waals surface area contributed by atoms with Crippen LogP contribution in [0.1, 0.15) is 73.1 Å². The molecule has 1 aliphatic carbocycles. The fourth-order valence-corrected chi connectivity index (χ4v) is 4.18. The number of H-pyrrole nitrogens is 1. The highest BCUT2D eigenvalue weighted by Crippen LogP contribution is 2.46. The van der Waals surface area contributed by atoms with E-state index >= 15 is 0 Å². The number of aromatic nitrogens is 4. The summed E-state index contributed by atoms with van der Waals surface area (Å²) in [5.74, 6) is 0.576. The van der Waals surface area contributed by atoms with Gasteiger partial charge in [0.15, 0.2) is 5.78 Å². The Bertz CT molecular complexity index is 1030. The Hall–Kier alpha value is -2.82. The number of fused-ring (bicyclic) bond motifs is 1. The fraction of sp³-hybridized carbons (Fsp3) is 0.391. The molecule has 0 amide bonds. The van der Waals surface area contributed by atoms with Crippen LogP contribution in [0.5, 0.6) is 0 Å². The third-order valence-corrected chi connectivity index (χ3v) is 6.19. The van der Waals surface area contributed by atoms with E-state index in [0.29, 0.717) is 11.4 Å². The molecule has 0 fully saturated rings. The van der Waals surface area contributed by atoms with Crippen molar-refractivity contribution >= 4 is 5.78 Å². The van der Waals surface area contributed by atoms with E-state index < -0.39 is 0 Å². The van der Waals surface area contributed by atoms with Crippen molar-refractivity contribution in [1.29, 1.82) is 0 Å². The van der Waals surface area contributed by atoms with Gasteiger partial charge in [0.25, 0.3) is 0 Å². The molecule has 5 nitrogen and oxygen atoms in total. The lowest BCUT2D eigenvalue weighted by Crippen LogP contribution is -2.34. The quantitative estimate of drug-likeness (QED) is 0.671. The maximum absolute atomic E-state index is 13.3. The number of carbonyl (C=O) groups excluding carboxylic acids is 1. The predicted octanol–water partition coefficient (Wildman–Crippen LogP) is 4.76. The molecule has 144 valence electrons. The fourth-order valence-electron chi connectivity index (χ4n) is 4.18. The lowest BCUT2D eigenvalue weighted by Gasteiger charge is -2.42. The van der Waals surface area contributed by atoms with Gasteiger partial charge in [-0.05, 0) is 58.6 Å². The summed E-state index contributed by atoms with van der Waals surface area (Å²) in [5, 5.41) is 14.0. The van der Waals surface area contributed by atoms with E-state index in [9.17, 15) is 4.79 Å². The lowest BCUT2D eigenvalue weighted by molar-refractivity contribution is 0.103. The molecule has 0 atom stereocenters. The van der Waals surface area contributed by atoms with Crippen LogP contribution >= 0.6 is 0 Å². The molecular formula is C23H26N4O. The molecule has 1 aromatic heterocycles. The molecule has 1 N–H and O–H groups in total. The highest BCUT2D eigenvalue weighted by atomic mass is 16.1. The smallest absolute Gasteiger partial charge is 0.204 e. The van der Waals surface area contributed by atoms with Gasteiger partial charge in [0.2, 0.25) is 5.82 Å². The standard InChI is InChI=1S/C23H26N4O/c1-14-12-18-19(23(4,5)11-10-22(18,2)3)13-17(14)20(28)15-6-8-16(9-7-15)21-24-26-27-25-21/h6-9,12-13H,10-11H2,1-5H3,(H,24,25,26,27). The molecule has 0 bridgehead atoms. The van der Waals surface area contributed by atoms with Crippen LogP contribution < -0.4 is 0 Å². The maximum atomic E-state index is 13.3. The number of aryl methyl sites for hydroxylation is 1. The number of hydrogen-bond donors (Lipinski definition) is 1. The van der Waals surface area contributed by atoms with Crippen LogP contribution in [0, 0.1) is 6.92 Å². The number of carbonyl (C=O) groups is 1. The molecule has 3 aromatic rings. The molecule has 5 heteroatoms. The van der Waals surface area contributed by atoms with Crippen molar-refractivity contribution in [1.82, 2.24) is 20.6 Å². The number of benzene rings is 2. The molecule has 2 aromatic carbocycles. The van der Waals surface area contributed by atoms with Crippen LogP contribution in [-0.4, -0.2) is 26.4 Å². The summed E-state index contributed by atoms with van der Waals surface area (Å²) in [6, 6.07) is 11.8. The second-order valence-electron chi connectivity index (χ2n) is 9.12. The summed E-state index contributed by atoms with van der Waals surface area (Å²) in [5.41, 5.74) is 6.23. The van der Waals surface area contributed by atoms with Gasteiger partial charge in [0.1, 0.15) is 0 Å². The first-order chi connectivity index (χ1) is 13.2. The summed E-state index contributed by atoms with van der Waals surface area (Å²) in [6.45, 7) is 11.2. The van der Waals surface area contributed by atoms with Crippen molar-refractivity contribution in [3.05, 3.63) is 64.2 Å². The lowest BCUT2D eigenvalue weighted by atomic mass is 9.62. The zero-order chi connectivity index (χ0) is 20.1. The third kappa shape index (κ3) is 3.05. The van der Waals surface area contributed by atoms with Crippen LogP contribution in [0.2, 0.25) is 0 Å². The van der Waals surface area contributed by atoms with Gasteiger partial charge in [-0.25, -0.2) is 0 Å². The van der Waals surface area contributed by atoms with Gasteiger partial charge in [-0.2, -0.15) is 5.21 Å². The van der Waals surface area contributed by atoms with E-state index in [2.05, 4.69) is 60.5 Å². The number of rotatable bonds is 3. The molecule has 1 aliphatic rings. The third-order valence-electron chi connectivity index (χ3n) is 6.19. The molecule has 0 spiro atoms. The first kappa shape index (κ1) is 18.5. The van der Waals surface area contributed by atoms with E-state index in [1.165, 1.54) is 11.1 Å². The molecule has 0 saturated heterocycles. The van der Waals surface area contributed by atoms with Crippen molar-refractivity contribution in [2.75, 3.05) is 0 Å². The van der Waals surface area contributed by atoms with Crippen molar-refractivity contribution in [3.63, 3.8) is 0 Å². The Kier molecular flexibility index (Phi) is 4.21. The van der Waals surface area contributed by atoms with Crippen LogP contribution in [0.3, 0.4) is 0 Å². The SMILES string of the molecule is Cc1cc2c(cc1C(=O)c1ccc(-c3nn[nH]n3)cc1)C(C)(C)CCC2(C)C. The zero-order valence-corrected chi connectivity index (χ0v) is 17.1. The normalized spacial score (nSPS) is 17.2. The Labute approximate surface area is 165 Å². The van der Waals surface area contributed by atoms with E-state index in [-0.39, 0.29) is 16.6 Å². The topological polar surface area (TPSA) is 71.5 Å². The van der Waals surface area contributed by atoms with Crippen LogP contribution in [-0.2, 0) is 10.8 Å². The first-order valence-electron chi connectivity index (χ1n) is 9.73. The Morgan fingerprint density at radius 1 is 0.964 bits per heavy atom. The summed E-state index contributed by atoms with van der Waals surface area (Å²) >= 11 is 0. The minimum absolute atomic E-state index is 0.0548. The molecular weight excluding hydrogens is 348 g/mol. The average Bonchev–Trinajstić information content (AvgIpc) is 3.20. The molecule has 0 aliphatic heterocycles. The summed E-state index contributed by atoms with van der Waals surface area (Å²) < 4.78 is 0. The number of aromatic amines is 1. The van der Waals surface area contributed by atoms with Crippen LogP contribution in [0.4, 0.5) is 0 Å². The van der Waals surface area contributed by atoms with Gasteiger partial charge in [0.05, 0.1) is 0 Å². The first-order valence-corrected chi connectivity index (χ1v) is 9.73. The average molecular weight is 374 g/mol. The predicted molar refractivity (Wildman–Crippen MR) is 110 cm³/mol.